The van der Waals surface area contributed by atoms with Crippen LogP contribution in [0.4, 0.5) is 0 Å². The summed E-state index contributed by atoms with van der Waals surface area (Å²) in [5, 5.41) is 9.82. The molecule has 0 spiro atoms. The second-order valence-electron chi connectivity index (χ2n) is 6.33. The maximum Gasteiger partial charge on any atom is 0.341 e. The van der Waals surface area contributed by atoms with E-state index in [1.165, 1.54) is 7.11 Å². The Bertz CT molecular complexity index is 475. The van der Waals surface area contributed by atoms with Gasteiger partial charge in [-0.1, -0.05) is 47.1 Å². The smallest absolute Gasteiger partial charge is 0.341 e. The van der Waals surface area contributed by atoms with E-state index in [0.717, 1.165) is 12.0 Å². The van der Waals surface area contributed by atoms with Crippen molar-refractivity contribution in [2.75, 3.05) is 7.11 Å². The molecule has 1 N–H and O–H groups in total. The summed E-state index contributed by atoms with van der Waals surface area (Å²) in [6.07, 6.45) is 1.05. The van der Waals surface area contributed by atoms with E-state index in [1.807, 2.05) is 6.07 Å². The van der Waals surface area contributed by atoms with Crippen molar-refractivity contribution in [3.8, 4) is 5.75 Å². The van der Waals surface area contributed by atoms with Crippen LogP contribution in [-0.2, 0) is 4.74 Å². The molecule has 1 unspecified atom stereocenters. The molecule has 20 heavy (non-hydrogen) atoms. The predicted octanol–water partition coefficient (Wildman–Crippen LogP) is 4.35. The number of rotatable bonds is 5. The van der Waals surface area contributed by atoms with Gasteiger partial charge < -0.3 is 9.84 Å². The van der Waals surface area contributed by atoms with Crippen molar-refractivity contribution < 1.29 is 14.6 Å². The Labute approximate surface area is 122 Å². The molecule has 1 atom stereocenters. The van der Waals surface area contributed by atoms with Crippen molar-refractivity contribution in [1.82, 2.24) is 0 Å². The molecule has 0 aliphatic carbocycles. The van der Waals surface area contributed by atoms with E-state index in [0.29, 0.717) is 11.8 Å². The number of benzene rings is 1. The van der Waals surface area contributed by atoms with E-state index in [2.05, 4.69) is 34.6 Å². The summed E-state index contributed by atoms with van der Waals surface area (Å²) in [4.78, 5) is 11.7. The molecule has 0 aliphatic rings. The molecule has 0 aliphatic heterocycles. The van der Waals surface area contributed by atoms with Gasteiger partial charge in [-0.25, -0.2) is 4.79 Å². The number of hydrogen-bond acceptors (Lipinski definition) is 3. The fourth-order valence-electron chi connectivity index (χ4n) is 2.98. The van der Waals surface area contributed by atoms with E-state index in [1.54, 1.807) is 12.1 Å². The normalized spacial score (nSPS) is 13.3. The standard InChI is InChI=1S/C17H26O3/c1-7-17(4,5)15(11(2)3)12-8-9-14(18)13(10-12)16(19)20-6/h8-11,15,18H,7H2,1-6H3. The number of carbonyl (C=O) groups is 1. The van der Waals surface area contributed by atoms with Crippen LogP contribution in [-0.4, -0.2) is 18.2 Å². The SMILES string of the molecule is CCC(C)(C)C(c1ccc(O)c(C(=O)OC)c1)C(C)C. The Morgan fingerprint density at radius 1 is 1.35 bits per heavy atom. The van der Waals surface area contributed by atoms with Crippen LogP contribution in [0.3, 0.4) is 0 Å². The first-order valence-corrected chi connectivity index (χ1v) is 7.15. The zero-order valence-electron chi connectivity index (χ0n) is 13.4. The first-order valence-electron chi connectivity index (χ1n) is 7.15. The van der Waals surface area contributed by atoms with Crippen molar-refractivity contribution in [2.24, 2.45) is 11.3 Å². The second kappa shape index (κ2) is 6.29. The molecule has 3 heteroatoms. The Hall–Kier alpha value is -1.51. The number of methoxy groups -OCH3 is 1. The average Bonchev–Trinajstić information content (AvgIpc) is 2.39. The molecule has 3 nitrogen and oxygen atoms in total. The van der Waals surface area contributed by atoms with Gasteiger partial charge in [-0.15, -0.1) is 0 Å². The van der Waals surface area contributed by atoms with Crippen LogP contribution in [0.1, 0.15) is 62.9 Å². The van der Waals surface area contributed by atoms with Gasteiger partial charge in [0, 0.05) is 0 Å². The Balaban J connectivity index is 3.33. The zero-order chi connectivity index (χ0) is 15.5. The van der Waals surface area contributed by atoms with Crippen LogP contribution in [0.5, 0.6) is 5.75 Å². The fraction of sp³-hybridized carbons (Fsp3) is 0.588. The first kappa shape index (κ1) is 16.5. The van der Waals surface area contributed by atoms with E-state index in [4.69, 9.17) is 4.74 Å². The van der Waals surface area contributed by atoms with Gasteiger partial charge in [-0.05, 0) is 34.9 Å². The van der Waals surface area contributed by atoms with Crippen molar-refractivity contribution in [3.05, 3.63) is 29.3 Å². The minimum Gasteiger partial charge on any atom is -0.507 e. The number of phenolic OH excluding ortho intramolecular Hbond substituents is 1. The average molecular weight is 278 g/mol. The lowest BCUT2D eigenvalue weighted by atomic mass is 9.68. The van der Waals surface area contributed by atoms with Crippen LogP contribution in [0.15, 0.2) is 18.2 Å². The Morgan fingerprint density at radius 3 is 2.40 bits per heavy atom. The van der Waals surface area contributed by atoms with E-state index < -0.39 is 5.97 Å². The molecule has 1 aromatic rings. The summed E-state index contributed by atoms with van der Waals surface area (Å²) in [5.74, 6) is 0.232. The molecule has 0 saturated carbocycles. The number of ether oxygens (including phenoxy) is 1. The highest BCUT2D eigenvalue weighted by Gasteiger charge is 2.32. The Morgan fingerprint density at radius 2 is 1.95 bits per heavy atom. The van der Waals surface area contributed by atoms with Gasteiger partial charge in [-0.3, -0.25) is 0 Å². The fourth-order valence-corrected chi connectivity index (χ4v) is 2.98. The number of phenols is 1. The molecule has 1 rings (SSSR count). The van der Waals surface area contributed by atoms with Gasteiger partial charge in [-0.2, -0.15) is 0 Å². The zero-order valence-corrected chi connectivity index (χ0v) is 13.4. The monoisotopic (exact) mass is 278 g/mol. The quantitative estimate of drug-likeness (QED) is 0.814. The molecular weight excluding hydrogens is 252 g/mol. The molecule has 0 heterocycles. The van der Waals surface area contributed by atoms with Crippen molar-refractivity contribution >= 4 is 5.97 Å². The summed E-state index contributed by atoms with van der Waals surface area (Å²) in [6.45, 7) is 11.0. The summed E-state index contributed by atoms with van der Waals surface area (Å²) >= 11 is 0. The van der Waals surface area contributed by atoms with E-state index in [9.17, 15) is 9.90 Å². The summed E-state index contributed by atoms with van der Waals surface area (Å²) in [7, 11) is 1.32. The lowest BCUT2D eigenvalue weighted by Gasteiger charge is -2.37. The van der Waals surface area contributed by atoms with Crippen molar-refractivity contribution in [2.45, 2.75) is 47.0 Å². The van der Waals surface area contributed by atoms with Crippen molar-refractivity contribution in [3.63, 3.8) is 0 Å². The van der Waals surface area contributed by atoms with Crippen LogP contribution in [0.25, 0.3) is 0 Å². The molecule has 0 radical (unpaired) electrons. The van der Waals surface area contributed by atoms with Crippen molar-refractivity contribution in [1.29, 1.82) is 0 Å². The number of aromatic hydroxyl groups is 1. The summed E-state index contributed by atoms with van der Waals surface area (Å²) in [6, 6.07) is 5.26. The number of esters is 1. The highest BCUT2D eigenvalue weighted by molar-refractivity contribution is 5.92. The third kappa shape index (κ3) is 3.33. The largest absolute Gasteiger partial charge is 0.507 e. The molecule has 0 bridgehead atoms. The molecule has 0 aromatic heterocycles. The highest BCUT2D eigenvalue weighted by atomic mass is 16.5. The Kier molecular flexibility index (Phi) is 5.21. The van der Waals surface area contributed by atoms with Gasteiger partial charge in [0.25, 0.3) is 0 Å². The molecular formula is C17H26O3. The lowest BCUT2D eigenvalue weighted by molar-refractivity contribution is 0.0597. The predicted molar refractivity (Wildman–Crippen MR) is 81.1 cm³/mol. The van der Waals surface area contributed by atoms with Gasteiger partial charge in [0.2, 0.25) is 0 Å². The van der Waals surface area contributed by atoms with Gasteiger partial charge in [0.05, 0.1) is 7.11 Å². The topological polar surface area (TPSA) is 46.5 Å². The maximum absolute atomic E-state index is 11.7. The van der Waals surface area contributed by atoms with Crippen LogP contribution < -0.4 is 0 Å². The highest BCUT2D eigenvalue weighted by Crippen LogP contribution is 2.44. The maximum atomic E-state index is 11.7. The second-order valence-corrected chi connectivity index (χ2v) is 6.33. The molecule has 112 valence electrons. The van der Waals surface area contributed by atoms with Crippen LogP contribution in [0.2, 0.25) is 0 Å². The number of hydrogen-bond donors (Lipinski definition) is 1. The third-order valence-electron chi connectivity index (χ3n) is 4.20. The molecule has 0 fully saturated rings. The minimum atomic E-state index is -0.499. The number of carbonyl (C=O) groups excluding carboxylic acids is 1. The molecule has 0 saturated heterocycles. The lowest BCUT2D eigenvalue weighted by Crippen LogP contribution is -2.26. The first-order chi connectivity index (χ1) is 9.24. The van der Waals surface area contributed by atoms with Crippen LogP contribution >= 0.6 is 0 Å². The minimum absolute atomic E-state index is 0.0302. The summed E-state index contributed by atoms with van der Waals surface area (Å²) < 4.78 is 4.73. The summed E-state index contributed by atoms with van der Waals surface area (Å²) in [5.41, 5.74) is 1.44. The van der Waals surface area contributed by atoms with Gasteiger partial charge >= 0.3 is 5.97 Å². The van der Waals surface area contributed by atoms with Crippen LogP contribution in [0, 0.1) is 11.3 Å². The third-order valence-corrected chi connectivity index (χ3v) is 4.20. The van der Waals surface area contributed by atoms with Gasteiger partial charge in [0.15, 0.2) is 0 Å². The van der Waals surface area contributed by atoms with E-state index >= 15 is 0 Å². The van der Waals surface area contributed by atoms with Gasteiger partial charge in [0.1, 0.15) is 11.3 Å². The molecule has 1 aromatic carbocycles. The molecule has 0 amide bonds. The van der Waals surface area contributed by atoms with E-state index in [-0.39, 0.29) is 16.7 Å².